The molecule has 0 radical (unpaired) electrons. The van der Waals surface area contributed by atoms with Gasteiger partial charge in [-0.25, -0.2) is 9.78 Å². The summed E-state index contributed by atoms with van der Waals surface area (Å²) in [6.07, 6.45) is 1.39. The maximum atomic E-state index is 10.6. The van der Waals surface area contributed by atoms with Crippen LogP contribution in [0.2, 0.25) is 0 Å². The fourth-order valence-corrected chi connectivity index (χ4v) is 1.64. The van der Waals surface area contributed by atoms with E-state index in [0.29, 0.717) is 5.76 Å². The van der Waals surface area contributed by atoms with Crippen molar-refractivity contribution < 1.29 is 14.3 Å². The van der Waals surface area contributed by atoms with Gasteiger partial charge in [0.1, 0.15) is 0 Å². The Morgan fingerprint density at radius 1 is 1.40 bits per heavy atom. The first kappa shape index (κ1) is 9.92. The Morgan fingerprint density at radius 3 is 2.73 bits per heavy atom. The van der Waals surface area contributed by atoms with Gasteiger partial charge >= 0.3 is 11.9 Å². The molecule has 0 unspecified atom stereocenters. The largest absolute Gasteiger partial charge is 0.474 e. The van der Waals surface area contributed by atoms with Gasteiger partial charge in [0.25, 0.3) is 0 Å². The summed E-state index contributed by atoms with van der Waals surface area (Å²) in [7, 11) is 0. The van der Waals surface area contributed by atoms with E-state index >= 15 is 0 Å². The third-order valence-electron chi connectivity index (χ3n) is 1.83. The van der Waals surface area contributed by atoms with Crippen LogP contribution in [-0.2, 0) is 0 Å². The van der Waals surface area contributed by atoms with Crippen molar-refractivity contribution in [3.8, 4) is 11.3 Å². The standard InChI is InChI=1S/C10H6BrNO3/c11-7-4-2-1-3-6(7)8-5-12-9(15-8)10(13)14/h1-5H,(H,13,14). The molecule has 0 bridgehead atoms. The molecule has 0 aliphatic heterocycles. The number of carbonyl (C=O) groups is 1. The van der Waals surface area contributed by atoms with Crippen LogP contribution in [0.5, 0.6) is 0 Å². The Balaban J connectivity index is 2.46. The zero-order chi connectivity index (χ0) is 10.8. The highest BCUT2D eigenvalue weighted by atomic mass is 79.9. The van der Waals surface area contributed by atoms with Gasteiger partial charge in [-0.15, -0.1) is 0 Å². The monoisotopic (exact) mass is 267 g/mol. The first-order valence-electron chi connectivity index (χ1n) is 4.12. The van der Waals surface area contributed by atoms with E-state index in [1.165, 1.54) is 6.20 Å². The Hall–Kier alpha value is -1.62. The number of rotatable bonds is 2. The summed E-state index contributed by atoms with van der Waals surface area (Å²) in [4.78, 5) is 14.2. The number of aromatic carboxylic acids is 1. The number of aromatic nitrogens is 1. The van der Waals surface area contributed by atoms with Crippen LogP contribution in [0.15, 0.2) is 39.4 Å². The maximum Gasteiger partial charge on any atom is 0.392 e. The molecule has 15 heavy (non-hydrogen) atoms. The van der Waals surface area contributed by atoms with Crippen molar-refractivity contribution in [1.29, 1.82) is 0 Å². The van der Waals surface area contributed by atoms with Crippen LogP contribution in [0.4, 0.5) is 0 Å². The van der Waals surface area contributed by atoms with Gasteiger partial charge in [0.15, 0.2) is 5.76 Å². The molecule has 0 fully saturated rings. The molecule has 1 aromatic carbocycles. The molecule has 5 heteroatoms. The molecule has 1 heterocycles. The molecule has 1 N–H and O–H groups in total. The highest BCUT2D eigenvalue weighted by Crippen LogP contribution is 2.28. The van der Waals surface area contributed by atoms with E-state index in [9.17, 15) is 4.79 Å². The number of halogens is 1. The minimum atomic E-state index is -1.17. The number of carboxylic acid groups (broad SMARTS) is 1. The lowest BCUT2D eigenvalue weighted by Crippen LogP contribution is -1.94. The molecule has 4 nitrogen and oxygen atoms in total. The SMILES string of the molecule is O=C(O)c1ncc(-c2ccccc2Br)o1. The average molecular weight is 268 g/mol. The summed E-state index contributed by atoms with van der Waals surface area (Å²) in [5.74, 6) is -1.05. The third-order valence-corrected chi connectivity index (χ3v) is 2.52. The average Bonchev–Trinajstić information content (AvgIpc) is 2.67. The highest BCUT2D eigenvalue weighted by molar-refractivity contribution is 9.10. The number of hydrogen-bond acceptors (Lipinski definition) is 3. The fourth-order valence-electron chi connectivity index (χ4n) is 1.16. The summed E-state index contributed by atoms with van der Waals surface area (Å²) < 4.78 is 5.90. The number of nitrogens with zero attached hydrogens (tertiary/aromatic N) is 1. The second-order valence-corrected chi connectivity index (χ2v) is 3.67. The van der Waals surface area contributed by atoms with Crippen LogP contribution in [0.25, 0.3) is 11.3 Å². The van der Waals surface area contributed by atoms with Gasteiger partial charge in [-0.3, -0.25) is 0 Å². The Labute approximate surface area is 93.7 Å². The van der Waals surface area contributed by atoms with E-state index in [2.05, 4.69) is 20.9 Å². The van der Waals surface area contributed by atoms with Crippen LogP contribution in [-0.4, -0.2) is 16.1 Å². The highest BCUT2D eigenvalue weighted by Gasteiger charge is 2.13. The van der Waals surface area contributed by atoms with Crippen molar-refractivity contribution in [3.05, 3.63) is 40.8 Å². The second kappa shape index (κ2) is 3.86. The van der Waals surface area contributed by atoms with Crippen LogP contribution in [0.3, 0.4) is 0 Å². The molecular weight excluding hydrogens is 262 g/mol. The zero-order valence-electron chi connectivity index (χ0n) is 7.48. The van der Waals surface area contributed by atoms with Gasteiger partial charge < -0.3 is 9.52 Å². The number of oxazole rings is 1. The third kappa shape index (κ3) is 1.92. The van der Waals surface area contributed by atoms with Crippen molar-refractivity contribution in [3.63, 3.8) is 0 Å². The molecule has 2 aromatic rings. The summed E-state index contributed by atoms with van der Waals surface area (Å²) in [6, 6.07) is 7.36. The van der Waals surface area contributed by atoms with Gasteiger partial charge in [-0.05, 0) is 6.07 Å². The Kier molecular flexibility index (Phi) is 2.55. The lowest BCUT2D eigenvalue weighted by Gasteiger charge is -1.97. The van der Waals surface area contributed by atoms with Crippen molar-refractivity contribution in [2.45, 2.75) is 0 Å². The second-order valence-electron chi connectivity index (χ2n) is 2.81. The summed E-state index contributed by atoms with van der Waals surface area (Å²) in [6.45, 7) is 0. The van der Waals surface area contributed by atoms with Crippen LogP contribution < -0.4 is 0 Å². The van der Waals surface area contributed by atoms with Gasteiger partial charge in [0, 0.05) is 10.0 Å². The van der Waals surface area contributed by atoms with Crippen molar-refractivity contribution in [2.24, 2.45) is 0 Å². The maximum absolute atomic E-state index is 10.6. The minimum absolute atomic E-state index is 0.305. The van der Waals surface area contributed by atoms with E-state index in [-0.39, 0.29) is 5.89 Å². The normalized spacial score (nSPS) is 10.2. The van der Waals surface area contributed by atoms with E-state index < -0.39 is 5.97 Å². The molecule has 0 atom stereocenters. The first-order chi connectivity index (χ1) is 7.18. The number of benzene rings is 1. The molecular formula is C10H6BrNO3. The van der Waals surface area contributed by atoms with E-state index in [4.69, 9.17) is 9.52 Å². The van der Waals surface area contributed by atoms with Gasteiger partial charge in [-0.2, -0.15) is 0 Å². The summed E-state index contributed by atoms with van der Waals surface area (Å²) >= 11 is 3.34. The topological polar surface area (TPSA) is 63.3 Å². The first-order valence-corrected chi connectivity index (χ1v) is 4.92. The summed E-state index contributed by atoms with van der Waals surface area (Å²) in [5.41, 5.74) is 0.775. The molecule has 2 rings (SSSR count). The van der Waals surface area contributed by atoms with Crippen LogP contribution in [0.1, 0.15) is 10.7 Å². The van der Waals surface area contributed by atoms with Gasteiger partial charge in [-0.1, -0.05) is 34.1 Å². The predicted octanol–water partition coefficient (Wildman–Crippen LogP) is 2.80. The zero-order valence-corrected chi connectivity index (χ0v) is 9.06. The van der Waals surface area contributed by atoms with Crippen molar-refractivity contribution >= 4 is 21.9 Å². The quantitative estimate of drug-likeness (QED) is 0.909. The molecule has 0 aliphatic carbocycles. The predicted molar refractivity (Wildman–Crippen MR) is 56.6 cm³/mol. The number of hydrogen-bond donors (Lipinski definition) is 1. The van der Waals surface area contributed by atoms with Gasteiger partial charge in [0.2, 0.25) is 0 Å². The van der Waals surface area contributed by atoms with E-state index in [0.717, 1.165) is 10.0 Å². The Morgan fingerprint density at radius 2 is 2.13 bits per heavy atom. The minimum Gasteiger partial charge on any atom is -0.474 e. The molecule has 0 aliphatic rings. The molecule has 76 valence electrons. The van der Waals surface area contributed by atoms with Crippen molar-refractivity contribution in [1.82, 2.24) is 4.98 Å². The molecule has 0 spiro atoms. The molecule has 0 saturated carbocycles. The molecule has 0 saturated heterocycles. The van der Waals surface area contributed by atoms with Crippen LogP contribution in [0, 0.1) is 0 Å². The van der Waals surface area contributed by atoms with Crippen molar-refractivity contribution in [2.75, 3.05) is 0 Å². The van der Waals surface area contributed by atoms with E-state index in [1.807, 2.05) is 24.3 Å². The Bertz CT molecular complexity index is 507. The lowest BCUT2D eigenvalue weighted by atomic mass is 10.2. The number of carboxylic acids is 1. The van der Waals surface area contributed by atoms with E-state index in [1.54, 1.807) is 0 Å². The lowest BCUT2D eigenvalue weighted by molar-refractivity contribution is 0.0654. The fraction of sp³-hybridized carbons (Fsp3) is 0. The molecule has 1 aromatic heterocycles. The summed E-state index contributed by atoms with van der Waals surface area (Å²) in [5, 5.41) is 8.65. The van der Waals surface area contributed by atoms with Crippen LogP contribution >= 0.6 is 15.9 Å². The smallest absolute Gasteiger partial charge is 0.392 e. The van der Waals surface area contributed by atoms with Gasteiger partial charge in [0.05, 0.1) is 6.20 Å². The molecule has 0 amide bonds.